The lowest BCUT2D eigenvalue weighted by atomic mass is 10.1. The first-order chi connectivity index (χ1) is 12.2. The zero-order valence-corrected chi connectivity index (χ0v) is 15.8. The molecule has 6 nitrogen and oxygen atoms in total. The van der Waals surface area contributed by atoms with Gasteiger partial charge in [0.25, 0.3) is 0 Å². The Kier molecular flexibility index (Phi) is 5.05. The molecular formula is C19H22ClN3O3. The van der Waals surface area contributed by atoms with Crippen LogP contribution in [-0.2, 0) is 16.1 Å². The SMILES string of the molecule is CC(C)(C)OC(=O)N[C@H]1CCN(Cc2cccc3nc(Cl)ccc23)C1=O. The number of carbonyl (C=O) groups excluding carboxylic acids is 2. The highest BCUT2D eigenvalue weighted by Crippen LogP contribution is 2.23. The Morgan fingerprint density at radius 3 is 2.85 bits per heavy atom. The van der Waals surface area contributed by atoms with Crippen molar-refractivity contribution in [2.75, 3.05) is 6.54 Å². The van der Waals surface area contributed by atoms with E-state index >= 15 is 0 Å². The lowest BCUT2D eigenvalue weighted by molar-refractivity contribution is -0.129. The molecule has 1 aliphatic rings. The van der Waals surface area contributed by atoms with E-state index in [2.05, 4.69) is 10.3 Å². The summed E-state index contributed by atoms with van der Waals surface area (Å²) in [5.41, 5.74) is 1.20. The minimum atomic E-state index is -0.595. The first-order valence-corrected chi connectivity index (χ1v) is 8.93. The Labute approximate surface area is 157 Å². The van der Waals surface area contributed by atoms with E-state index in [1.54, 1.807) is 31.7 Å². The summed E-state index contributed by atoms with van der Waals surface area (Å²) < 4.78 is 5.23. The minimum Gasteiger partial charge on any atom is -0.444 e. The molecule has 1 atom stereocenters. The Morgan fingerprint density at radius 2 is 2.12 bits per heavy atom. The third kappa shape index (κ3) is 4.25. The summed E-state index contributed by atoms with van der Waals surface area (Å²) in [7, 11) is 0. The van der Waals surface area contributed by atoms with Gasteiger partial charge in [-0.25, -0.2) is 9.78 Å². The van der Waals surface area contributed by atoms with Crippen molar-refractivity contribution < 1.29 is 14.3 Å². The number of hydrogen-bond acceptors (Lipinski definition) is 4. The van der Waals surface area contributed by atoms with Crippen LogP contribution in [0.2, 0.25) is 5.15 Å². The van der Waals surface area contributed by atoms with E-state index in [-0.39, 0.29) is 5.91 Å². The molecule has 0 saturated carbocycles. The van der Waals surface area contributed by atoms with Crippen LogP contribution in [0.3, 0.4) is 0 Å². The summed E-state index contributed by atoms with van der Waals surface area (Å²) in [5.74, 6) is -0.102. The van der Waals surface area contributed by atoms with Crippen molar-refractivity contribution in [2.24, 2.45) is 0 Å². The zero-order chi connectivity index (χ0) is 18.9. The Bertz CT molecular complexity index is 848. The van der Waals surface area contributed by atoms with Crippen LogP contribution in [0.4, 0.5) is 4.79 Å². The number of carbonyl (C=O) groups is 2. The second kappa shape index (κ2) is 7.11. The molecule has 1 fully saturated rings. The number of ether oxygens (including phenoxy) is 1. The molecule has 0 unspecified atom stereocenters. The number of benzene rings is 1. The second-order valence-electron chi connectivity index (χ2n) is 7.37. The van der Waals surface area contributed by atoms with Crippen molar-refractivity contribution in [3.05, 3.63) is 41.0 Å². The maximum atomic E-state index is 12.6. The zero-order valence-electron chi connectivity index (χ0n) is 15.1. The van der Waals surface area contributed by atoms with Crippen LogP contribution < -0.4 is 5.32 Å². The van der Waals surface area contributed by atoms with Crippen molar-refractivity contribution in [2.45, 2.75) is 45.4 Å². The molecule has 1 aliphatic heterocycles. The number of rotatable bonds is 3. The van der Waals surface area contributed by atoms with Crippen molar-refractivity contribution in [1.82, 2.24) is 15.2 Å². The van der Waals surface area contributed by atoms with E-state index in [1.807, 2.05) is 24.3 Å². The van der Waals surface area contributed by atoms with Crippen LogP contribution in [0.15, 0.2) is 30.3 Å². The van der Waals surface area contributed by atoms with Gasteiger partial charge in [0.05, 0.1) is 5.52 Å². The lowest BCUT2D eigenvalue weighted by Crippen LogP contribution is -2.43. The van der Waals surface area contributed by atoms with E-state index < -0.39 is 17.7 Å². The van der Waals surface area contributed by atoms with Crippen LogP contribution in [-0.4, -0.2) is 40.1 Å². The highest BCUT2D eigenvalue weighted by Gasteiger charge is 2.34. The van der Waals surface area contributed by atoms with Crippen molar-refractivity contribution >= 4 is 34.5 Å². The number of fused-ring (bicyclic) bond motifs is 1. The smallest absolute Gasteiger partial charge is 0.408 e. The number of alkyl carbamates (subject to hydrolysis) is 1. The highest BCUT2D eigenvalue weighted by atomic mass is 35.5. The molecule has 7 heteroatoms. The molecule has 2 heterocycles. The Hall–Kier alpha value is -2.34. The normalized spacial score (nSPS) is 17.6. The number of nitrogens with one attached hydrogen (secondary N) is 1. The molecule has 0 aliphatic carbocycles. The molecule has 138 valence electrons. The summed E-state index contributed by atoms with van der Waals surface area (Å²) in [6.45, 7) is 6.41. The Morgan fingerprint density at radius 1 is 1.35 bits per heavy atom. The van der Waals surface area contributed by atoms with Crippen molar-refractivity contribution in [3.8, 4) is 0 Å². The third-order valence-corrected chi connectivity index (χ3v) is 4.35. The van der Waals surface area contributed by atoms with Crippen LogP contribution in [0, 0.1) is 0 Å². The number of hydrogen-bond donors (Lipinski definition) is 1. The van der Waals surface area contributed by atoms with Gasteiger partial charge in [-0.3, -0.25) is 4.79 Å². The number of aromatic nitrogens is 1. The average molecular weight is 376 g/mol. The van der Waals surface area contributed by atoms with Gasteiger partial charge in [0, 0.05) is 18.5 Å². The molecule has 0 spiro atoms. The predicted octanol–water partition coefficient (Wildman–Crippen LogP) is 3.51. The molecule has 3 rings (SSSR count). The quantitative estimate of drug-likeness (QED) is 0.833. The topological polar surface area (TPSA) is 71.5 Å². The fourth-order valence-electron chi connectivity index (χ4n) is 3.02. The number of halogens is 1. The molecule has 1 aromatic heterocycles. The first kappa shape index (κ1) is 18.5. The van der Waals surface area contributed by atoms with Gasteiger partial charge in [-0.15, -0.1) is 0 Å². The van der Waals surface area contributed by atoms with Crippen LogP contribution in [0.5, 0.6) is 0 Å². The maximum Gasteiger partial charge on any atom is 0.408 e. The summed E-state index contributed by atoms with van der Waals surface area (Å²) >= 11 is 5.95. The standard InChI is InChI=1S/C19H22ClN3O3/c1-19(2,3)26-18(25)22-15-9-10-23(17(15)24)11-12-5-4-6-14-13(12)7-8-16(20)21-14/h4-8,15H,9-11H2,1-3H3,(H,22,25)/t15-/m0/s1. The molecule has 1 saturated heterocycles. The van der Waals surface area contributed by atoms with Gasteiger partial charge < -0.3 is 15.0 Å². The molecule has 26 heavy (non-hydrogen) atoms. The van der Waals surface area contributed by atoms with Gasteiger partial charge in [-0.2, -0.15) is 0 Å². The fourth-order valence-corrected chi connectivity index (χ4v) is 3.17. The van der Waals surface area contributed by atoms with E-state index in [4.69, 9.17) is 16.3 Å². The molecule has 0 radical (unpaired) electrons. The van der Waals surface area contributed by atoms with E-state index in [1.165, 1.54) is 0 Å². The van der Waals surface area contributed by atoms with Gasteiger partial charge in [0.1, 0.15) is 16.8 Å². The summed E-state index contributed by atoms with van der Waals surface area (Å²) in [6, 6.07) is 8.87. The van der Waals surface area contributed by atoms with Gasteiger partial charge in [-0.05, 0) is 51.0 Å². The molecule has 0 bridgehead atoms. The maximum absolute atomic E-state index is 12.6. The molecule has 2 aromatic rings. The largest absolute Gasteiger partial charge is 0.444 e. The molecule has 1 N–H and O–H groups in total. The van der Waals surface area contributed by atoms with Crippen LogP contribution in [0.1, 0.15) is 32.8 Å². The number of nitrogens with zero attached hydrogens (tertiary/aromatic N) is 2. The second-order valence-corrected chi connectivity index (χ2v) is 7.75. The molecule has 1 aromatic carbocycles. The van der Waals surface area contributed by atoms with Crippen LogP contribution >= 0.6 is 11.6 Å². The summed E-state index contributed by atoms with van der Waals surface area (Å²) in [6.07, 6.45) is -0.00545. The highest BCUT2D eigenvalue weighted by molar-refractivity contribution is 6.29. The average Bonchev–Trinajstić information content (AvgIpc) is 2.86. The first-order valence-electron chi connectivity index (χ1n) is 8.55. The van der Waals surface area contributed by atoms with E-state index in [0.717, 1.165) is 16.5 Å². The summed E-state index contributed by atoms with van der Waals surface area (Å²) in [5, 5.41) is 4.07. The minimum absolute atomic E-state index is 0.102. The van der Waals surface area contributed by atoms with Gasteiger partial charge >= 0.3 is 6.09 Å². The van der Waals surface area contributed by atoms with Crippen LogP contribution in [0.25, 0.3) is 10.9 Å². The van der Waals surface area contributed by atoms with E-state index in [9.17, 15) is 9.59 Å². The van der Waals surface area contributed by atoms with E-state index in [0.29, 0.717) is 24.7 Å². The van der Waals surface area contributed by atoms with Crippen molar-refractivity contribution in [3.63, 3.8) is 0 Å². The molecular weight excluding hydrogens is 354 g/mol. The third-order valence-electron chi connectivity index (χ3n) is 4.14. The molecule has 2 amide bonds. The van der Waals surface area contributed by atoms with Gasteiger partial charge in [-0.1, -0.05) is 23.7 Å². The van der Waals surface area contributed by atoms with Gasteiger partial charge in [0.2, 0.25) is 5.91 Å². The predicted molar refractivity (Wildman–Crippen MR) is 99.9 cm³/mol. The summed E-state index contributed by atoms with van der Waals surface area (Å²) in [4.78, 5) is 30.6. The number of likely N-dealkylation sites (tertiary alicyclic amines) is 1. The lowest BCUT2D eigenvalue weighted by Gasteiger charge is -2.22. The Balaban J connectivity index is 1.69. The number of pyridine rings is 1. The van der Waals surface area contributed by atoms with Gasteiger partial charge in [0.15, 0.2) is 0 Å². The fraction of sp³-hybridized carbons (Fsp3) is 0.421. The monoisotopic (exact) mass is 375 g/mol. The van der Waals surface area contributed by atoms with Crippen molar-refractivity contribution in [1.29, 1.82) is 0 Å². The number of amides is 2.